The second-order valence-corrected chi connectivity index (χ2v) is 5.33. The van der Waals surface area contributed by atoms with Gasteiger partial charge in [0.25, 0.3) is 0 Å². The Morgan fingerprint density at radius 1 is 1.21 bits per heavy atom. The Morgan fingerprint density at radius 2 is 1.86 bits per heavy atom. The first-order valence-electron chi connectivity index (χ1n) is 5.96. The van der Waals surface area contributed by atoms with Crippen LogP contribution in [0.4, 0.5) is 0 Å². The average Bonchev–Trinajstić information content (AvgIpc) is 2.46. The molecule has 0 amide bonds. The highest BCUT2D eigenvalue weighted by Gasteiger charge is 2.32. The van der Waals surface area contributed by atoms with Crippen LogP contribution in [0.2, 0.25) is 0 Å². The monoisotopic (exact) mass is 198 g/mol. The van der Waals surface area contributed by atoms with Crippen LogP contribution in [-0.4, -0.2) is 37.1 Å². The second kappa shape index (κ2) is 5.13. The Balaban J connectivity index is 2.49. The Kier molecular flexibility index (Phi) is 4.39. The minimum absolute atomic E-state index is 0.697. The molecule has 0 aromatic heterocycles. The summed E-state index contributed by atoms with van der Waals surface area (Å²) in [7, 11) is 2.10. The SMILES string of the molecule is CN[C@@H]1CN(C(C)C)C[C@@H]1CC(C)C. The van der Waals surface area contributed by atoms with Crippen molar-refractivity contribution in [3.63, 3.8) is 0 Å². The van der Waals surface area contributed by atoms with Crippen molar-refractivity contribution in [1.82, 2.24) is 10.2 Å². The first-order valence-corrected chi connectivity index (χ1v) is 5.96. The van der Waals surface area contributed by atoms with Crippen molar-refractivity contribution in [1.29, 1.82) is 0 Å². The zero-order valence-electron chi connectivity index (χ0n) is 10.4. The molecule has 84 valence electrons. The van der Waals surface area contributed by atoms with Gasteiger partial charge in [-0.1, -0.05) is 13.8 Å². The molecular formula is C12H26N2. The molecule has 1 heterocycles. The van der Waals surface area contributed by atoms with E-state index in [4.69, 9.17) is 0 Å². The lowest BCUT2D eigenvalue weighted by molar-refractivity contribution is 0.258. The van der Waals surface area contributed by atoms with Crippen LogP contribution in [0.15, 0.2) is 0 Å². The first kappa shape index (κ1) is 12.0. The number of hydrogen-bond donors (Lipinski definition) is 1. The maximum atomic E-state index is 3.46. The van der Waals surface area contributed by atoms with E-state index in [9.17, 15) is 0 Å². The summed E-state index contributed by atoms with van der Waals surface area (Å²) >= 11 is 0. The molecule has 0 radical (unpaired) electrons. The normalized spacial score (nSPS) is 29.4. The largest absolute Gasteiger partial charge is 0.315 e. The first-order chi connectivity index (χ1) is 6.54. The zero-order chi connectivity index (χ0) is 10.7. The van der Waals surface area contributed by atoms with Crippen LogP contribution in [0.3, 0.4) is 0 Å². The van der Waals surface area contributed by atoms with Gasteiger partial charge in [0.05, 0.1) is 0 Å². The van der Waals surface area contributed by atoms with Gasteiger partial charge in [0.15, 0.2) is 0 Å². The molecule has 1 aliphatic heterocycles. The third-order valence-electron chi connectivity index (χ3n) is 3.34. The summed E-state index contributed by atoms with van der Waals surface area (Å²) in [6.07, 6.45) is 1.36. The molecule has 2 heteroatoms. The van der Waals surface area contributed by atoms with E-state index >= 15 is 0 Å². The lowest BCUT2D eigenvalue weighted by Gasteiger charge is -2.20. The molecule has 1 N–H and O–H groups in total. The van der Waals surface area contributed by atoms with Crippen LogP contribution in [-0.2, 0) is 0 Å². The maximum absolute atomic E-state index is 3.46. The van der Waals surface area contributed by atoms with Crippen molar-refractivity contribution < 1.29 is 0 Å². The Hall–Kier alpha value is -0.0800. The van der Waals surface area contributed by atoms with E-state index in [2.05, 4.69) is 45.0 Å². The van der Waals surface area contributed by atoms with Crippen molar-refractivity contribution in [2.75, 3.05) is 20.1 Å². The molecule has 14 heavy (non-hydrogen) atoms. The predicted octanol–water partition coefficient (Wildman–Crippen LogP) is 1.96. The number of likely N-dealkylation sites (N-methyl/N-ethyl adjacent to an activating group) is 1. The Bertz CT molecular complexity index is 166. The second-order valence-electron chi connectivity index (χ2n) is 5.33. The fourth-order valence-electron chi connectivity index (χ4n) is 2.50. The third kappa shape index (κ3) is 2.96. The molecule has 0 bridgehead atoms. The van der Waals surface area contributed by atoms with Crippen LogP contribution >= 0.6 is 0 Å². The number of nitrogens with zero attached hydrogens (tertiary/aromatic N) is 1. The fraction of sp³-hybridized carbons (Fsp3) is 1.00. The van der Waals surface area contributed by atoms with Gasteiger partial charge in [0.1, 0.15) is 0 Å². The zero-order valence-corrected chi connectivity index (χ0v) is 10.4. The van der Waals surface area contributed by atoms with E-state index in [1.165, 1.54) is 19.5 Å². The van der Waals surface area contributed by atoms with Gasteiger partial charge in [-0.3, -0.25) is 4.90 Å². The highest BCUT2D eigenvalue weighted by Crippen LogP contribution is 2.24. The molecule has 2 atom stereocenters. The predicted molar refractivity (Wildman–Crippen MR) is 62.5 cm³/mol. The van der Waals surface area contributed by atoms with Gasteiger partial charge in [-0.15, -0.1) is 0 Å². The number of hydrogen-bond acceptors (Lipinski definition) is 2. The van der Waals surface area contributed by atoms with E-state index in [1.54, 1.807) is 0 Å². The average molecular weight is 198 g/mol. The molecule has 0 aliphatic carbocycles. The lowest BCUT2D eigenvalue weighted by atomic mass is 9.93. The van der Waals surface area contributed by atoms with E-state index in [0.717, 1.165) is 11.8 Å². The van der Waals surface area contributed by atoms with Crippen LogP contribution in [0.1, 0.15) is 34.1 Å². The molecule has 2 nitrogen and oxygen atoms in total. The maximum Gasteiger partial charge on any atom is 0.0232 e. The van der Waals surface area contributed by atoms with Gasteiger partial charge in [-0.05, 0) is 39.2 Å². The van der Waals surface area contributed by atoms with Gasteiger partial charge in [-0.2, -0.15) is 0 Å². The molecule has 0 aromatic carbocycles. The Labute approximate surface area is 89.1 Å². The molecule has 1 fully saturated rings. The summed E-state index contributed by atoms with van der Waals surface area (Å²) in [5.74, 6) is 1.67. The molecule has 1 aliphatic rings. The molecule has 0 saturated carbocycles. The van der Waals surface area contributed by atoms with Gasteiger partial charge in [0, 0.05) is 25.2 Å². The van der Waals surface area contributed by atoms with E-state index in [-0.39, 0.29) is 0 Å². The topological polar surface area (TPSA) is 15.3 Å². The Morgan fingerprint density at radius 3 is 2.29 bits per heavy atom. The molecule has 0 spiro atoms. The molecule has 0 aromatic rings. The summed E-state index contributed by atoms with van der Waals surface area (Å²) in [6, 6.07) is 1.41. The van der Waals surface area contributed by atoms with Gasteiger partial charge >= 0.3 is 0 Å². The third-order valence-corrected chi connectivity index (χ3v) is 3.34. The minimum Gasteiger partial charge on any atom is -0.315 e. The van der Waals surface area contributed by atoms with Gasteiger partial charge < -0.3 is 5.32 Å². The van der Waals surface area contributed by atoms with Crippen molar-refractivity contribution in [3.05, 3.63) is 0 Å². The minimum atomic E-state index is 0.697. The lowest BCUT2D eigenvalue weighted by Crippen LogP contribution is -2.35. The highest BCUT2D eigenvalue weighted by molar-refractivity contribution is 4.89. The summed E-state index contributed by atoms with van der Waals surface area (Å²) in [4.78, 5) is 2.59. The molecule has 1 saturated heterocycles. The van der Waals surface area contributed by atoms with E-state index in [0.29, 0.717) is 12.1 Å². The molecule has 0 unspecified atom stereocenters. The van der Waals surface area contributed by atoms with Gasteiger partial charge in [-0.25, -0.2) is 0 Å². The van der Waals surface area contributed by atoms with Crippen molar-refractivity contribution in [3.8, 4) is 0 Å². The molecule has 1 rings (SSSR count). The standard InChI is InChI=1S/C12H26N2/c1-9(2)6-11-7-14(10(3)4)8-12(11)13-5/h9-13H,6-8H2,1-5H3/t11-,12+/m0/s1. The van der Waals surface area contributed by atoms with E-state index in [1.807, 2.05) is 0 Å². The number of nitrogens with one attached hydrogen (secondary N) is 1. The smallest absolute Gasteiger partial charge is 0.0232 e. The van der Waals surface area contributed by atoms with Crippen molar-refractivity contribution >= 4 is 0 Å². The summed E-state index contributed by atoms with van der Waals surface area (Å²) in [6.45, 7) is 11.7. The quantitative estimate of drug-likeness (QED) is 0.743. The number of likely N-dealkylation sites (tertiary alicyclic amines) is 1. The number of rotatable bonds is 4. The van der Waals surface area contributed by atoms with Crippen LogP contribution < -0.4 is 5.32 Å². The van der Waals surface area contributed by atoms with Gasteiger partial charge in [0.2, 0.25) is 0 Å². The van der Waals surface area contributed by atoms with Crippen molar-refractivity contribution in [2.24, 2.45) is 11.8 Å². The van der Waals surface area contributed by atoms with E-state index < -0.39 is 0 Å². The summed E-state index contributed by atoms with van der Waals surface area (Å²) in [5, 5.41) is 3.46. The fourth-order valence-corrected chi connectivity index (χ4v) is 2.50. The van der Waals surface area contributed by atoms with Crippen LogP contribution in [0.25, 0.3) is 0 Å². The summed E-state index contributed by atoms with van der Waals surface area (Å²) in [5.41, 5.74) is 0. The highest BCUT2D eigenvalue weighted by atomic mass is 15.2. The van der Waals surface area contributed by atoms with Crippen LogP contribution in [0.5, 0.6) is 0 Å². The van der Waals surface area contributed by atoms with Crippen molar-refractivity contribution in [2.45, 2.75) is 46.2 Å². The molecular weight excluding hydrogens is 172 g/mol. The summed E-state index contributed by atoms with van der Waals surface area (Å²) < 4.78 is 0. The van der Waals surface area contributed by atoms with Crippen LogP contribution in [0, 0.1) is 11.8 Å².